The van der Waals surface area contributed by atoms with E-state index in [0.717, 1.165) is 25.9 Å². The van der Waals surface area contributed by atoms with Gasteiger partial charge in [-0.3, -0.25) is 0 Å². The first-order valence-corrected chi connectivity index (χ1v) is 8.56. The summed E-state index contributed by atoms with van der Waals surface area (Å²) in [7, 11) is -3.59. The number of benzene rings is 1. The number of rotatable bonds is 4. The van der Waals surface area contributed by atoms with Gasteiger partial charge in [-0.1, -0.05) is 13.0 Å². The van der Waals surface area contributed by atoms with E-state index in [-0.39, 0.29) is 22.7 Å². The Hall–Kier alpha value is -1.13. The lowest BCUT2D eigenvalue weighted by atomic mass is 9.83. The summed E-state index contributed by atoms with van der Waals surface area (Å²) in [5.74, 6) is 0. The summed E-state index contributed by atoms with van der Waals surface area (Å²) in [6.07, 6.45) is 2.06. The van der Waals surface area contributed by atoms with Crippen molar-refractivity contribution in [2.45, 2.75) is 31.6 Å². The Morgan fingerprint density at radius 1 is 1.45 bits per heavy atom. The van der Waals surface area contributed by atoms with Crippen molar-refractivity contribution in [3.05, 3.63) is 29.3 Å². The highest BCUT2D eigenvalue weighted by Gasteiger charge is 2.29. The standard InChI is InChI=1S/C15H21N3O2S.ClH/c1-12-4-5-13(9-16)8-14(12)21(19,20)18-11-15(2)6-3-7-17-10-15;/h4-5,8,17-18H,3,6-7,10-11H2,1-2H3;1H. The Balaban J connectivity index is 0.00000242. The van der Waals surface area contributed by atoms with Crippen LogP contribution in [0.2, 0.25) is 0 Å². The van der Waals surface area contributed by atoms with E-state index in [2.05, 4.69) is 17.0 Å². The van der Waals surface area contributed by atoms with Crippen LogP contribution >= 0.6 is 12.4 Å². The molecule has 1 aliphatic rings. The molecule has 0 spiro atoms. The zero-order valence-electron chi connectivity index (χ0n) is 12.8. The monoisotopic (exact) mass is 343 g/mol. The molecule has 122 valence electrons. The molecule has 1 aromatic rings. The summed E-state index contributed by atoms with van der Waals surface area (Å²) < 4.78 is 27.6. The lowest BCUT2D eigenvalue weighted by Gasteiger charge is -2.34. The highest BCUT2D eigenvalue weighted by atomic mass is 35.5. The topological polar surface area (TPSA) is 82.0 Å². The van der Waals surface area contributed by atoms with E-state index in [9.17, 15) is 8.42 Å². The first-order valence-electron chi connectivity index (χ1n) is 7.07. The SMILES string of the molecule is Cc1ccc(C#N)cc1S(=O)(=O)NCC1(C)CCCNC1.Cl. The zero-order valence-corrected chi connectivity index (χ0v) is 14.5. The van der Waals surface area contributed by atoms with Gasteiger partial charge < -0.3 is 5.32 Å². The van der Waals surface area contributed by atoms with Gasteiger partial charge in [0.2, 0.25) is 10.0 Å². The lowest BCUT2D eigenvalue weighted by molar-refractivity contribution is 0.238. The largest absolute Gasteiger partial charge is 0.316 e. The van der Waals surface area contributed by atoms with Crippen molar-refractivity contribution in [3.63, 3.8) is 0 Å². The molecule has 1 aliphatic heterocycles. The summed E-state index contributed by atoms with van der Waals surface area (Å²) in [5.41, 5.74) is 0.937. The van der Waals surface area contributed by atoms with Crippen LogP contribution in [-0.2, 0) is 10.0 Å². The quantitative estimate of drug-likeness (QED) is 0.875. The third kappa shape index (κ3) is 4.43. The molecule has 0 bridgehead atoms. The van der Waals surface area contributed by atoms with Gasteiger partial charge in [0.25, 0.3) is 0 Å². The van der Waals surface area contributed by atoms with Crippen LogP contribution in [0.25, 0.3) is 0 Å². The van der Waals surface area contributed by atoms with E-state index in [1.165, 1.54) is 6.07 Å². The molecule has 1 fully saturated rings. The van der Waals surface area contributed by atoms with Crippen LogP contribution in [-0.4, -0.2) is 28.1 Å². The zero-order chi connectivity index (χ0) is 15.5. The summed E-state index contributed by atoms with van der Waals surface area (Å²) >= 11 is 0. The maximum absolute atomic E-state index is 12.5. The molecule has 22 heavy (non-hydrogen) atoms. The van der Waals surface area contributed by atoms with E-state index in [0.29, 0.717) is 17.7 Å². The Morgan fingerprint density at radius 3 is 2.77 bits per heavy atom. The normalized spacial score (nSPS) is 21.7. The van der Waals surface area contributed by atoms with E-state index in [1.807, 2.05) is 6.07 Å². The maximum atomic E-state index is 12.5. The Morgan fingerprint density at radius 2 is 2.18 bits per heavy atom. The van der Waals surface area contributed by atoms with Gasteiger partial charge in [-0.25, -0.2) is 13.1 Å². The Kier molecular flexibility index (Phi) is 6.38. The van der Waals surface area contributed by atoms with E-state index in [1.54, 1.807) is 19.1 Å². The average Bonchev–Trinajstić information content (AvgIpc) is 2.47. The number of halogens is 1. The van der Waals surface area contributed by atoms with Crippen LogP contribution in [0.4, 0.5) is 0 Å². The lowest BCUT2D eigenvalue weighted by Crippen LogP contribution is -2.45. The fraction of sp³-hybridized carbons (Fsp3) is 0.533. The molecule has 5 nitrogen and oxygen atoms in total. The fourth-order valence-electron chi connectivity index (χ4n) is 2.58. The van der Waals surface area contributed by atoms with Gasteiger partial charge in [-0.05, 0) is 49.4 Å². The van der Waals surface area contributed by atoms with Crippen molar-refractivity contribution in [1.82, 2.24) is 10.0 Å². The van der Waals surface area contributed by atoms with Crippen molar-refractivity contribution in [1.29, 1.82) is 5.26 Å². The predicted molar refractivity (Wildman–Crippen MR) is 88.5 cm³/mol. The fourth-order valence-corrected chi connectivity index (χ4v) is 4.04. The second kappa shape index (κ2) is 7.42. The molecular weight excluding hydrogens is 322 g/mol. The number of piperidine rings is 1. The highest BCUT2D eigenvalue weighted by molar-refractivity contribution is 7.89. The van der Waals surface area contributed by atoms with Crippen LogP contribution in [0.15, 0.2) is 23.1 Å². The number of aryl methyl sites for hydroxylation is 1. The molecule has 0 radical (unpaired) electrons. The van der Waals surface area contributed by atoms with E-state index in [4.69, 9.17) is 5.26 Å². The first-order chi connectivity index (χ1) is 9.86. The van der Waals surface area contributed by atoms with Gasteiger partial charge in [-0.2, -0.15) is 5.26 Å². The molecule has 1 saturated heterocycles. The number of nitrogens with one attached hydrogen (secondary N) is 2. The summed E-state index contributed by atoms with van der Waals surface area (Å²) in [4.78, 5) is 0.189. The molecule has 1 unspecified atom stereocenters. The van der Waals surface area contributed by atoms with Gasteiger partial charge >= 0.3 is 0 Å². The van der Waals surface area contributed by atoms with Crippen LogP contribution in [0.1, 0.15) is 30.9 Å². The minimum Gasteiger partial charge on any atom is -0.316 e. The van der Waals surface area contributed by atoms with Crippen molar-refractivity contribution in [2.24, 2.45) is 5.41 Å². The van der Waals surface area contributed by atoms with Crippen LogP contribution < -0.4 is 10.0 Å². The molecule has 7 heteroatoms. The number of hydrogen-bond donors (Lipinski definition) is 2. The average molecular weight is 344 g/mol. The third-order valence-electron chi connectivity index (χ3n) is 3.98. The molecule has 0 aromatic heterocycles. The summed E-state index contributed by atoms with van der Waals surface area (Å²) in [5, 5.41) is 12.2. The second-order valence-corrected chi connectivity index (χ2v) is 7.74. The van der Waals surface area contributed by atoms with Crippen molar-refractivity contribution >= 4 is 22.4 Å². The van der Waals surface area contributed by atoms with Gasteiger partial charge in [0.15, 0.2) is 0 Å². The summed E-state index contributed by atoms with van der Waals surface area (Å²) in [6.45, 7) is 6.02. The number of hydrogen-bond acceptors (Lipinski definition) is 4. The van der Waals surface area contributed by atoms with E-state index >= 15 is 0 Å². The number of sulfonamides is 1. The maximum Gasteiger partial charge on any atom is 0.240 e. The molecule has 2 rings (SSSR count). The first kappa shape index (κ1) is 18.9. The van der Waals surface area contributed by atoms with Gasteiger partial charge in [0, 0.05) is 13.1 Å². The molecule has 1 aromatic carbocycles. The van der Waals surface area contributed by atoms with E-state index < -0.39 is 10.0 Å². The van der Waals surface area contributed by atoms with Crippen LogP contribution in [0, 0.1) is 23.7 Å². The molecule has 1 heterocycles. The van der Waals surface area contributed by atoms with Crippen LogP contribution in [0.3, 0.4) is 0 Å². The molecule has 0 amide bonds. The minimum absolute atomic E-state index is 0. The van der Waals surface area contributed by atoms with Crippen molar-refractivity contribution < 1.29 is 8.42 Å². The van der Waals surface area contributed by atoms with Crippen molar-refractivity contribution in [2.75, 3.05) is 19.6 Å². The predicted octanol–water partition coefficient (Wildman–Crippen LogP) is 1.96. The molecule has 0 saturated carbocycles. The smallest absolute Gasteiger partial charge is 0.240 e. The second-order valence-electron chi connectivity index (χ2n) is 6.01. The van der Waals surface area contributed by atoms with Gasteiger partial charge in [0.1, 0.15) is 0 Å². The highest BCUT2D eigenvalue weighted by Crippen LogP contribution is 2.25. The molecule has 1 atom stereocenters. The summed E-state index contributed by atoms with van der Waals surface area (Å²) in [6, 6.07) is 6.70. The van der Waals surface area contributed by atoms with Crippen molar-refractivity contribution in [3.8, 4) is 6.07 Å². The Labute approximate surface area is 138 Å². The molecule has 2 N–H and O–H groups in total. The third-order valence-corrected chi connectivity index (χ3v) is 5.52. The molecular formula is C15H22ClN3O2S. The minimum atomic E-state index is -3.59. The van der Waals surface area contributed by atoms with Gasteiger partial charge in [-0.15, -0.1) is 12.4 Å². The Bertz CT molecular complexity index is 662. The molecule has 0 aliphatic carbocycles. The van der Waals surface area contributed by atoms with Gasteiger partial charge in [0.05, 0.1) is 16.5 Å². The van der Waals surface area contributed by atoms with Crippen LogP contribution in [0.5, 0.6) is 0 Å². The number of nitrogens with zero attached hydrogens (tertiary/aromatic N) is 1. The number of nitriles is 1.